The number of phenols is 2. The van der Waals surface area contributed by atoms with Crippen molar-refractivity contribution in [3.8, 4) is 17.6 Å². The molecule has 0 saturated heterocycles. The van der Waals surface area contributed by atoms with E-state index in [2.05, 4.69) is 20.8 Å². The zero-order chi connectivity index (χ0) is 18.6. The normalized spacial score (nSPS) is 11.6. The van der Waals surface area contributed by atoms with Gasteiger partial charge in [0, 0.05) is 10.0 Å². The zero-order valence-corrected chi connectivity index (χ0v) is 15.0. The Morgan fingerprint density at radius 3 is 2.20 bits per heavy atom. The number of anilines is 1. The molecule has 0 saturated carbocycles. The van der Waals surface area contributed by atoms with Crippen LogP contribution in [0.15, 0.2) is 39.6 Å². The van der Waals surface area contributed by atoms with Crippen LogP contribution < -0.4 is 5.43 Å². The summed E-state index contributed by atoms with van der Waals surface area (Å²) in [6.45, 7) is 0. The predicted octanol–water partition coefficient (Wildman–Crippen LogP) is 5.74. The molecule has 0 spiro atoms. The molecular formula is C14H7Cl4N5O2. The third kappa shape index (κ3) is 4.87. The highest BCUT2D eigenvalue weighted by molar-refractivity contribution is 6.36. The number of rotatable bonds is 3. The van der Waals surface area contributed by atoms with Gasteiger partial charge in [0.15, 0.2) is 11.5 Å². The molecule has 0 aromatic heterocycles. The molecule has 0 radical (unpaired) electrons. The van der Waals surface area contributed by atoms with Gasteiger partial charge in [-0.25, -0.2) is 0 Å². The van der Waals surface area contributed by atoms with Gasteiger partial charge in [0.1, 0.15) is 17.4 Å². The second-order valence-electron chi connectivity index (χ2n) is 4.40. The van der Waals surface area contributed by atoms with E-state index in [9.17, 15) is 10.2 Å². The average Bonchev–Trinajstić information content (AvgIpc) is 2.55. The first-order valence-electron chi connectivity index (χ1n) is 6.33. The number of nitrogens with one attached hydrogen (secondary N) is 1. The number of nitrogens with zero attached hydrogens (tertiary/aromatic N) is 4. The van der Waals surface area contributed by atoms with Crippen molar-refractivity contribution < 1.29 is 10.2 Å². The van der Waals surface area contributed by atoms with E-state index in [1.807, 2.05) is 0 Å². The first kappa shape index (κ1) is 19.1. The van der Waals surface area contributed by atoms with Crippen molar-refractivity contribution in [2.75, 3.05) is 5.43 Å². The lowest BCUT2D eigenvalue weighted by Gasteiger charge is -2.05. The minimum atomic E-state index is -0.411. The number of benzene rings is 2. The van der Waals surface area contributed by atoms with Gasteiger partial charge < -0.3 is 10.2 Å². The number of hydrazone groups is 1. The van der Waals surface area contributed by atoms with Crippen LogP contribution in [-0.4, -0.2) is 16.0 Å². The number of hydrogen-bond donors (Lipinski definition) is 3. The zero-order valence-electron chi connectivity index (χ0n) is 12.0. The largest absolute Gasteiger partial charge is 0.504 e. The van der Waals surface area contributed by atoms with Gasteiger partial charge in [-0.1, -0.05) is 46.4 Å². The van der Waals surface area contributed by atoms with Gasteiger partial charge in [-0.3, -0.25) is 5.43 Å². The molecule has 7 nitrogen and oxygen atoms in total. The minimum Gasteiger partial charge on any atom is -0.504 e. The molecule has 3 N–H and O–H groups in total. The fourth-order valence-corrected chi connectivity index (χ4v) is 2.54. The van der Waals surface area contributed by atoms with E-state index in [-0.39, 0.29) is 43.0 Å². The van der Waals surface area contributed by atoms with E-state index < -0.39 is 5.84 Å². The van der Waals surface area contributed by atoms with Crippen molar-refractivity contribution in [2.45, 2.75) is 0 Å². The summed E-state index contributed by atoms with van der Waals surface area (Å²) in [5.41, 5.74) is 2.41. The molecule has 2 rings (SSSR count). The number of phenolic OH excluding ortho intramolecular Hbond substituents is 2. The maximum Gasteiger partial charge on any atom is 0.270 e. The number of halogens is 4. The SMILES string of the molecule is N#C/C(N=Nc1cc(Cl)cc(Cl)c1O)=N/Nc1cc(Cl)cc(Cl)c1O. The van der Waals surface area contributed by atoms with Gasteiger partial charge in [-0.2, -0.15) is 5.26 Å². The van der Waals surface area contributed by atoms with Crippen LogP contribution in [0.3, 0.4) is 0 Å². The van der Waals surface area contributed by atoms with Gasteiger partial charge in [0.05, 0.1) is 10.0 Å². The molecule has 0 bridgehead atoms. The first-order chi connectivity index (χ1) is 11.8. The van der Waals surface area contributed by atoms with Gasteiger partial charge in [-0.05, 0) is 24.3 Å². The Hall–Kier alpha value is -2.24. The highest BCUT2D eigenvalue weighted by atomic mass is 35.5. The number of hydrogen-bond acceptors (Lipinski definition) is 6. The number of amidine groups is 1. The highest BCUT2D eigenvalue weighted by Gasteiger charge is 2.09. The summed E-state index contributed by atoms with van der Waals surface area (Å²) in [6.07, 6.45) is 0. The van der Waals surface area contributed by atoms with Crippen LogP contribution in [0.4, 0.5) is 11.4 Å². The Labute approximate surface area is 161 Å². The topological polar surface area (TPSA) is 113 Å². The van der Waals surface area contributed by atoms with Gasteiger partial charge in [0.25, 0.3) is 5.84 Å². The number of aromatic hydroxyl groups is 2. The molecule has 0 aliphatic carbocycles. The van der Waals surface area contributed by atoms with Crippen molar-refractivity contribution in [2.24, 2.45) is 15.3 Å². The Kier molecular flexibility index (Phi) is 6.28. The summed E-state index contributed by atoms with van der Waals surface area (Å²) in [5, 5.41) is 40.0. The Balaban J connectivity index is 2.27. The standard InChI is InChI=1S/C14H7Cl4N5O2/c15-6-1-8(17)13(24)10(3-6)20-22-12(5-19)23-21-11-4-7(16)2-9(18)14(11)25/h1-4,20,24-25H/b22-12-,23-21?. The summed E-state index contributed by atoms with van der Waals surface area (Å²) in [4.78, 5) is 0. The molecule has 0 atom stereocenters. The first-order valence-corrected chi connectivity index (χ1v) is 7.84. The molecule has 2 aromatic carbocycles. The maximum absolute atomic E-state index is 9.79. The van der Waals surface area contributed by atoms with Crippen LogP contribution in [0.25, 0.3) is 0 Å². The molecule has 2 aromatic rings. The third-order valence-electron chi connectivity index (χ3n) is 2.67. The van der Waals surface area contributed by atoms with Gasteiger partial charge in [-0.15, -0.1) is 15.3 Å². The lowest BCUT2D eigenvalue weighted by molar-refractivity contribution is 0.476. The molecule has 128 valence electrons. The summed E-state index contributed by atoms with van der Waals surface area (Å²) in [5.74, 6) is -1.06. The van der Waals surface area contributed by atoms with E-state index >= 15 is 0 Å². The molecule has 0 heterocycles. The van der Waals surface area contributed by atoms with Crippen LogP contribution in [0.5, 0.6) is 11.5 Å². The summed E-state index contributed by atoms with van der Waals surface area (Å²) in [6, 6.07) is 6.98. The van der Waals surface area contributed by atoms with E-state index in [0.29, 0.717) is 0 Å². The molecule has 11 heteroatoms. The lowest BCUT2D eigenvalue weighted by atomic mass is 10.3. The number of azo groups is 1. The van der Waals surface area contributed by atoms with Gasteiger partial charge >= 0.3 is 0 Å². The second kappa shape index (κ2) is 8.23. The van der Waals surface area contributed by atoms with Crippen molar-refractivity contribution in [1.82, 2.24) is 0 Å². The molecule has 0 aliphatic heterocycles. The lowest BCUT2D eigenvalue weighted by Crippen LogP contribution is -1.96. The van der Waals surface area contributed by atoms with E-state index in [4.69, 9.17) is 51.7 Å². The predicted molar refractivity (Wildman–Crippen MR) is 97.4 cm³/mol. The molecule has 0 unspecified atom stereocenters. The Morgan fingerprint density at radius 2 is 1.56 bits per heavy atom. The average molecular weight is 419 g/mol. The second-order valence-corrected chi connectivity index (χ2v) is 6.09. The highest BCUT2D eigenvalue weighted by Crippen LogP contribution is 2.37. The van der Waals surface area contributed by atoms with E-state index in [1.54, 1.807) is 6.07 Å². The van der Waals surface area contributed by atoms with Gasteiger partial charge in [0.2, 0.25) is 0 Å². The smallest absolute Gasteiger partial charge is 0.270 e. The maximum atomic E-state index is 9.79. The molecule has 0 aliphatic rings. The number of nitriles is 1. The quantitative estimate of drug-likeness (QED) is 0.193. The molecule has 25 heavy (non-hydrogen) atoms. The van der Waals surface area contributed by atoms with E-state index in [0.717, 1.165) is 0 Å². The molecule has 0 amide bonds. The van der Waals surface area contributed by atoms with Crippen molar-refractivity contribution in [3.05, 3.63) is 44.4 Å². The molecule has 0 fully saturated rings. The van der Waals surface area contributed by atoms with Crippen LogP contribution in [-0.2, 0) is 0 Å². The van der Waals surface area contributed by atoms with E-state index in [1.165, 1.54) is 24.3 Å². The van der Waals surface area contributed by atoms with Crippen LogP contribution in [0.1, 0.15) is 0 Å². The van der Waals surface area contributed by atoms with Crippen LogP contribution >= 0.6 is 46.4 Å². The summed E-state index contributed by atoms with van der Waals surface area (Å²) >= 11 is 23.2. The van der Waals surface area contributed by atoms with Crippen molar-refractivity contribution in [1.29, 1.82) is 5.26 Å². The Bertz CT molecular complexity index is 924. The van der Waals surface area contributed by atoms with Crippen molar-refractivity contribution in [3.63, 3.8) is 0 Å². The van der Waals surface area contributed by atoms with Crippen molar-refractivity contribution >= 4 is 63.6 Å². The Morgan fingerprint density at radius 1 is 0.960 bits per heavy atom. The minimum absolute atomic E-state index is 0.00354. The van der Waals surface area contributed by atoms with Crippen LogP contribution in [0.2, 0.25) is 20.1 Å². The monoisotopic (exact) mass is 417 g/mol. The summed E-state index contributed by atoms with van der Waals surface area (Å²) < 4.78 is 0. The fraction of sp³-hybridized carbons (Fsp3) is 0. The molecular weight excluding hydrogens is 412 g/mol. The summed E-state index contributed by atoms with van der Waals surface area (Å²) in [7, 11) is 0. The third-order valence-corrected chi connectivity index (χ3v) is 3.68. The van der Waals surface area contributed by atoms with Crippen LogP contribution in [0, 0.1) is 11.3 Å². The fourth-order valence-electron chi connectivity index (χ4n) is 1.56.